The van der Waals surface area contributed by atoms with E-state index in [-0.39, 0.29) is 33.4 Å². The van der Waals surface area contributed by atoms with Gasteiger partial charge in [0.05, 0.1) is 27.0 Å². The smallest absolute Gasteiger partial charge is 0.271 e. The summed E-state index contributed by atoms with van der Waals surface area (Å²) in [5.41, 5.74) is 5.77. The Bertz CT molecular complexity index is 1250. The van der Waals surface area contributed by atoms with Crippen LogP contribution in [0.15, 0.2) is 35.2 Å². The number of benzene rings is 2. The standard InChI is InChI=1S/C21H23ClN4O6S/c1-12-8-16(26(29)30)10-19(13(12)2)33(31,32)24-18-6-5-15(22)9-17(18)21(28)25-7-3-4-14(11-25)20(23)27/h5-6,8-10,14,24H,3-4,7,11H2,1-2H3,(H2,23,27)/t14-/m0/s1. The van der Waals surface area contributed by atoms with Crippen molar-refractivity contribution >= 4 is 44.8 Å². The number of nitro benzene ring substituents is 1. The number of sulfonamides is 1. The van der Waals surface area contributed by atoms with E-state index >= 15 is 0 Å². The van der Waals surface area contributed by atoms with E-state index in [1.165, 1.54) is 29.2 Å². The molecule has 1 heterocycles. The number of rotatable bonds is 6. The maximum absolute atomic E-state index is 13.2. The van der Waals surface area contributed by atoms with Crippen molar-refractivity contribution in [2.75, 3.05) is 17.8 Å². The lowest BCUT2D eigenvalue weighted by Crippen LogP contribution is -2.44. The number of non-ortho nitro benzene ring substituents is 1. The van der Waals surface area contributed by atoms with Crippen LogP contribution in [0.5, 0.6) is 0 Å². The average Bonchev–Trinajstić information content (AvgIpc) is 2.75. The first-order chi connectivity index (χ1) is 15.4. The van der Waals surface area contributed by atoms with Crippen molar-refractivity contribution in [3.63, 3.8) is 0 Å². The van der Waals surface area contributed by atoms with E-state index < -0.39 is 32.7 Å². The summed E-state index contributed by atoms with van der Waals surface area (Å²) in [6, 6.07) is 6.37. The summed E-state index contributed by atoms with van der Waals surface area (Å²) in [7, 11) is -4.29. The van der Waals surface area contributed by atoms with Gasteiger partial charge in [0, 0.05) is 30.2 Å². The Balaban J connectivity index is 2.00. The number of nitrogens with two attached hydrogens (primary N) is 1. The third-order valence-corrected chi connectivity index (χ3v) is 7.40. The van der Waals surface area contributed by atoms with Crippen molar-refractivity contribution in [3.05, 3.63) is 62.2 Å². The topological polar surface area (TPSA) is 153 Å². The zero-order valence-electron chi connectivity index (χ0n) is 18.0. The van der Waals surface area contributed by atoms with Crippen LogP contribution in [0, 0.1) is 29.9 Å². The van der Waals surface area contributed by atoms with Gasteiger partial charge < -0.3 is 10.6 Å². The Morgan fingerprint density at radius 1 is 1.24 bits per heavy atom. The van der Waals surface area contributed by atoms with Crippen LogP contribution in [-0.4, -0.2) is 43.1 Å². The maximum Gasteiger partial charge on any atom is 0.271 e. The first-order valence-corrected chi connectivity index (χ1v) is 11.9. The van der Waals surface area contributed by atoms with E-state index in [0.29, 0.717) is 30.5 Å². The van der Waals surface area contributed by atoms with Crippen LogP contribution in [0.1, 0.15) is 34.3 Å². The fourth-order valence-electron chi connectivity index (χ4n) is 3.74. The molecule has 0 aliphatic carbocycles. The Hall–Kier alpha value is -3.18. The molecule has 0 aromatic heterocycles. The molecule has 2 aromatic carbocycles. The fraction of sp³-hybridized carbons (Fsp3) is 0.333. The number of hydrogen-bond acceptors (Lipinski definition) is 6. The number of anilines is 1. The van der Waals surface area contributed by atoms with E-state index in [1.807, 2.05) is 0 Å². The Kier molecular flexibility index (Phi) is 6.94. The number of piperidine rings is 1. The third-order valence-electron chi connectivity index (χ3n) is 5.67. The quantitative estimate of drug-likeness (QED) is 0.465. The van der Waals surface area contributed by atoms with Crippen LogP contribution in [0.4, 0.5) is 11.4 Å². The highest BCUT2D eigenvalue weighted by Crippen LogP contribution is 2.30. The highest BCUT2D eigenvalue weighted by Gasteiger charge is 2.30. The molecule has 2 aromatic rings. The number of carbonyl (C=O) groups is 2. The van der Waals surface area contributed by atoms with Crippen molar-refractivity contribution < 1.29 is 22.9 Å². The largest absolute Gasteiger partial charge is 0.369 e. The number of nitro groups is 1. The number of primary amides is 1. The van der Waals surface area contributed by atoms with Crippen LogP contribution in [0.2, 0.25) is 5.02 Å². The van der Waals surface area contributed by atoms with Gasteiger partial charge in [-0.05, 0) is 56.0 Å². The number of amides is 2. The zero-order chi connectivity index (χ0) is 24.5. The molecule has 12 heteroatoms. The molecule has 176 valence electrons. The monoisotopic (exact) mass is 494 g/mol. The van der Waals surface area contributed by atoms with Gasteiger partial charge in [0.1, 0.15) is 0 Å². The minimum absolute atomic E-state index is 0.00370. The van der Waals surface area contributed by atoms with E-state index in [4.69, 9.17) is 17.3 Å². The number of aryl methyl sites for hydroxylation is 1. The molecule has 1 saturated heterocycles. The second-order valence-electron chi connectivity index (χ2n) is 7.93. The number of nitrogens with zero attached hydrogens (tertiary/aromatic N) is 2. The maximum atomic E-state index is 13.2. The van der Waals surface area contributed by atoms with Crippen LogP contribution in [0.3, 0.4) is 0 Å². The molecule has 0 unspecified atom stereocenters. The second kappa shape index (κ2) is 9.36. The highest BCUT2D eigenvalue weighted by atomic mass is 35.5. The summed E-state index contributed by atoms with van der Waals surface area (Å²) in [6.07, 6.45) is 1.15. The molecule has 10 nitrogen and oxygen atoms in total. The average molecular weight is 495 g/mol. The lowest BCUT2D eigenvalue weighted by atomic mass is 9.96. The summed E-state index contributed by atoms with van der Waals surface area (Å²) in [4.78, 5) is 36.5. The molecule has 0 spiro atoms. The van der Waals surface area contributed by atoms with Crippen LogP contribution in [-0.2, 0) is 14.8 Å². The van der Waals surface area contributed by atoms with E-state index in [9.17, 15) is 28.1 Å². The van der Waals surface area contributed by atoms with Crippen LogP contribution in [0.25, 0.3) is 0 Å². The molecular formula is C21H23ClN4O6S. The van der Waals surface area contributed by atoms with Crippen LogP contribution >= 0.6 is 11.6 Å². The normalized spacial score (nSPS) is 16.3. The molecule has 0 bridgehead atoms. The van der Waals surface area contributed by atoms with Gasteiger partial charge in [0.25, 0.3) is 21.6 Å². The minimum atomic E-state index is -4.29. The SMILES string of the molecule is Cc1cc([N+](=O)[O-])cc(S(=O)(=O)Nc2ccc(Cl)cc2C(=O)N2CCC[C@H](C(N)=O)C2)c1C. The fourth-order valence-corrected chi connectivity index (χ4v) is 5.33. The van der Waals surface area contributed by atoms with E-state index in [2.05, 4.69) is 4.72 Å². The summed E-state index contributed by atoms with van der Waals surface area (Å²) in [5, 5.41) is 11.4. The molecule has 2 amide bonds. The summed E-state index contributed by atoms with van der Waals surface area (Å²) in [5.74, 6) is -1.50. The molecule has 1 atom stereocenters. The Morgan fingerprint density at radius 3 is 2.58 bits per heavy atom. The summed E-state index contributed by atoms with van der Waals surface area (Å²) >= 11 is 6.07. The minimum Gasteiger partial charge on any atom is -0.369 e. The van der Waals surface area contributed by atoms with Crippen molar-refractivity contribution in [3.8, 4) is 0 Å². The molecular weight excluding hydrogens is 472 g/mol. The predicted octanol–water partition coefficient (Wildman–Crippen LogP) is 3.00. The lowest BCUT2D eigenvalue weighted by molar-refractivity contribution is -0.385. The van der Waals surface area contributed by atoms with Gasteiger partial charge in [-0.1, -0.05) is 11.6 Å². The van der Waals surface area contributed by atoms with Gasteiger partial charge in [-0.25, -0.2) is 8.42 Å². The Labute approximate surface area is 195 Å². The molecule has 0 radical (unpaired) electrons. The number of halogens is 1. The predicted molar refractivity (Wildman–Crippen MR) is 123 cm³/mol. The highest BCUT2D eigenvalue weighted by molar-refractivity contribution is 7.92. The molecule has 1 fully saturated rings. The first kappa shape index (κ1) is 24.5. The molecule has 3 N–H and O–H groups in total. The van der Waals surface area contributed by atoms with Crippen molar-refractivity contribution in [2.24, 2.45) is 11.7 Å². The van der Waals surface area contributed by atoms with Crippen molar-refractivity contribution in [2.45, 2.75) is 31.6 Å². The second-order valence-corrected chi connectivity index (χ2v) is 10.0. The third kappa shape index (κ3) is 5.25. The van der Waals surface area contributed by atoms with Gasteiger partial charge in [-0.2, -0.15) is 0 Å². The molecule has 1 aliphatic rings. The summed E-state index contributed by atoms with van der Waals surface area (Å²) in [6.45, 7) is 3.61. The number of carbonyl (C=O) groups excluding carboxylic acids is 2. The van der Waals surface area contributed by atoms with Gasteiger partial charge >= 0.3 is 0 Å². The van der Waals surface area contributed by atoms with Gasteiger partial charge in [-0.15, -0.1) is 0 Å². The lowest BCUT2D eigenvalue weighted by Gasteiger charge is -2.31. The van der Waals surface area contributed by atoms with Crippen LogP contribution < -0.4 is 10.5 Å². The number of nitrogens with one attached hydrogen (secondary N) is 1. The zero-order valence-corrected chi connectivity index (χ0v) is 19.6. The van der Waals surface area contributed by atoms with E-state index in [0.717, 1.165) is 6.07 Å². The van der Waals surface area contributed by atoms with Crippen molar-refractivity contribution in [1.29, 1.82) is 0 Å². The number of hydrogen-bond donors (Lipinski definition) is 2. The molecule has 0 saturated carbocycles. The first-order valence-electron chi connectivity index (χ1n) is 10.1. The Morgan fingerprint density at radius 2 is 1.94 bits per heavy atom. The van der Waals surface area contributed by atoms with E-state index in [1.54, 1.807) is 13.8 Å². The number of likely N-dealkylation sites (tertiary alicyclic amines) is 1. The molecule has 33 heavy (non-hydrogen) atoms. The van der Waals surface area contributed by atoms with Gasteiger partial charge in [0.15, 0.2) is 0 Å². The summed E-state index contributed by atoms with van der Waals surface area (Å²) < 4.78 is 28.7. The van der Waals surface area contributed by atoms with Gasteiger partial charge in [0.2, 0.25) is 5.91 Å². The van der Waals surface area contributed by atoms with Crippen molar-refractivity contribution in [1.82, 2.24) is 4.90 Å². The molecule has 3 rings (SSSR count). The molecule has 1 aliphatic heterocycles. The van der Waals surface area contributed by atoms with Gasteiger partial charge in [-0.3, -0.25) is 24.4 Å².